The number of fused-ring (bicyclic) bond motifs is 1. The van der Waals surface area contributed by atoms with E-state index in [1.54, 1.807) is 52.2 Å². The summed E-state index contributed by atoms with van der Waals surface area (Å²) in [5.41, 5.74) is 2.02. The molecule has 0 bridgehead atoms. The highest BCUT2D eigenvalue weighted by atomic mass is 32.2. The molecule has 0 atom stereocenters. The van der Waals surface area contributed by atoms with Crippen LogP contribution in [0.2, 0.25) is 0 Å². The van der Waals surface area contributed by atoms with E-state index >= 15 is 0 Å². The largest absolute Gasteiger partial charge is 0.462 e. The van der Waals surface area contributed by atoms with Crippen molar-refractivity contribution < 1.29 is 19.1 Å². The third-order valence-corrected chi connectivity index (χ3v) is 5.03. The van der Waals surface area contributed by atoms with Gasteiger partial charge in [0.05, 0.1) is 22.0 Å². The van der Waals surface area contributed by atoms with E-state index in [1.165, 1.54) is 9.13 Å². The number of esters is 1. The number of hydrogen-bond acceptors (Lipinski definition) is 6. The summed E-state index contributed by atoms with van der Waals surface area (Å²) in [7, 11) is 3.36. The zero-order valence-corrected chi connectivity index (χ0v) is 16.2. The Balaban J connectivity index is 1.87. The van der Waals surface area contributed by atoms with Crippen molar-refractivity contribution >= 4 is 46.0 Å². The molecule has 1 fully saturated rings. The number of thioether (sulfide) groups is 1. The molecule has 2 amide bonds. The topological polar surface area (TPSA) is 90.6 Å². The van der Waals surface area contributed by atoms with Gasteiger partial charge in [0.2, 0.25) is 0 Å². The molecule has 0 spiro atoms. The summed E-state index contributed by atoms with van der Waals surface area (Å²) in [5.74, 6) is -1.16. The number of aryl methyl sites for hydroxylation is 2. The average Bonchev–Trinajstić information content (AvgIpc) is 2.97. The number of benzene rings is 1. The number of rotatable bonds is 4. The van der Waals surface area contributed by atoms with E-state index in [1.807, 2.05) is 0 Å². The zero-order valence-electron chi connectivity index (χ0n) is 15.4. The summed E-state index contributed by atoms with van der Waals surface area (Å²) < 4.78 is 8.04. The third kappa shape index (κ3) is 3.55. The van der Waals surface area contributed by atoms with Gasteiger partial charge in [0, 0.05) is 14.1 Å². The lowest BCUT2D eigenvalue weighted by atomic mass is 10.2. The van der Waals surface area contributed by atoms with Crippen LogP contribution >= 0.6 is 11.8 Å². The molecule has 9 heteroatoms. The second kappa shape index (κ2) is 7.07. The van der Waals surface area contributed by atoms with Crippen LogP contribution < -0.4 is 5.69 Å². The predicted molar refractivity (Wildman–Crippen MR) is 102 cm³/mol. The molecule has 27 heavy (non-hydrogen) atoms. The highest BCUT2D eigenvalue weighted by molar-refractivity contribution is 8.18. The van der Waals surface area contributed by atoms with Gasteiger partial charge >= 0.3 is 11.7 Å². The molecule has 1 aliphatic rings. The minimum Gasteiger partial charge on any atom is -0.462 e. The van der Waals surface area contributed by atoms with E-state index in [4.69, 9.17) is 4.74 Å². The molecular formula is C18H19N3O5S. The van der Waals surface area contributed by atoms with Crippen LogP contribution in [0.1, 0.15) is 19.4 Å². The number of imidazole rings is 1. The molecule has 1 aromatic carbocycles. The van der Waals surface area contributed by atoms with Gasteiger partial charge in [0.1, 0.15) is 6.54 Å². The summed E-state index contributed by atoms with van der Waals surface area (Å²) in [6, 6.07) is 5.33. The Bertz CT molecular complexity index is 1050. The fraction of sp³-hybridized carbons (Fsp3) is 0.333. The first-order valence-corrected chi connectivity index (χ1v) is 9.11. The SMILES string of the molecule is CC(C)OC(=O)CN1C(=O)S/C(=C\c2ccc3c(c2)n(C)c(=O)n3C)C1=O. The van der Waals surface area contributed by atoms with Crippen molar-refractivity contribution in [1.29, 1.82) is 0 Å². The van der Waals surface area contributed by atoms with Gasteiger partial charge in [0.15, 0.2) is 0 Å². The molecule has 142 valence electrons. The van der Waals surface area contributed by atoms with Crippen molar-refractivity contribution in [2.24, 2.45) is 14.1 Å². The van der Waals surface area contributed by atoms with Crippen LogP contribution in [0.25, 0.3) is 17.1 Å². The Morgan fingerprint density at radius 2 is 1.81 bits per heavy atom. The summed E-state index contributed by atoms with van der Waals surface area (Å²) in [6.07, 6.45) is 1.26. The Kier molecular flexibility index (Phi) is 4.97. The fourth-order valence-electron chi connectivity index (χ4n) is 2.83. The lowest BCUT2D eigenvalue weighted by Crippen LogP contribution is -2.35. The van der Waals surface area contributed by atoms with Gasteiger partial charge in [-0.1, -0.05) is 6.07 Å². The lowest BCUT2D eigenvalue weighted by molar-refractivity contribution is -0.149. The first-order chi connectivity index (χ1) is 12.7. The third-order valence-electron chi connectivity index (χ3n) is 4.12. The molecule has 3 rings (SSSR count). The molecule has 0 aliphatic carbocycles. The standard InChI is InChI=1S/C18H19N3O5S/c1-10(2)26-15(22)9-21-16(23)14(27-18(21)25)8-11-5-6-12-13(7-11)20(4)17(24)19(12)3/h5-8,10H,9H2,1-4H3/b14-8-. The molecule has 0 saturated carbocycles. The summed E-state index contributed by atoms with van der Waals surface area (Å²) in [4.78, 5) is 49.4. The number of imide groups is 1. The number of carbonyl (C=O) groups excluding carboxylic acids is 3. The van der Waals surface area contributed by atoms with Gasteiger partial charge in [-0.15, -0.1) is 0 Å². The predicted octanol–water partition coefficient (Wildman–Crippen LogP) is 1.86. The smallest absolute Gasteiger partial charge is 0.328 e. The molecular weight excluding hydrogens is 370 g/mol. The first-order valence-electron chi connectivity index (χ1n) is 8.29. The van der Waals surface area contributed by atoms with Crippen LogP contribution in [0.15, 0.2) is 27.9 Å². The Labute approximate surface area is 159 Å². The zero-order chi connectivity index (χ0) is 19.9. The van der Waals surface area contributed by atoms with E-state index in [9.17, 15) is 19.2 Å². The van der Waals surface area contributed by atoms with Gasteiger partial charge in [-0.25, -0.2) is 4.79 Å². The van der Waals surface area contributed by atoms with Crippen LogP contribution in [0.4, 0.5) is 4.79 Å². The highest BCUT2D eigenvalue weighted by Crippen LogP contribution is 2.32. The van der Waals surface area contributed by atoms with Crippen LogP contribution in [0, 0.1) is 0 Å². The summed E-state index contributed by atoms with van der Waals surface area (Å²) in [6.45, 7) is 2.98. The molecule has 0 radical (unpaired) electrons. The summed E-state index contributed by atoms with van der Waals surface area (Å²) in [5, 5.41) is -0.514. The molecule has 0 unspecified atom stereocenters. The molecule has 2 heterocycles. The number of aromatic nitrogens is 2. The molecule has 8 nitrogen and oxygen atoms in total. The monoisotopic (exact) mass is 389 g/mol. The Morgan fingerprint density at radius 3 is 2.48 bits per heavy atom. The van der Waals surface area contributed by atoms with Crippen LogP contribution in [-0.2, 0) is 28.4 Å². The van der Waals surface area contributed by atoms with E-state index in [0.717, 1.165) is 27.7 Å². The van der Waals surface area contributed by atoms with Crippen molar-refractivity contribution in [3.63, 3.8) is 0 Å². The Morgan fingerprint density at radius 1 is 1.15 bits per heavy atom. The van der Waals surface area contributed by atoms with Gasteiger partial charge in [-0.05, 0) is 49.4 Å². The summed E-state index contributed by atoms with van der Waals surface area (Å²) >= 11 is 0.772. The second-order valence-corrected chi connectivity index (χ2v) is 7.45. The van der Waals surface area contributed by atoms with Crippen LogP contribution in [-0.4, -0.2) is 43.8 Å². The van der Waals surface area contributed by atoms with E-state index in [0.29, 0.717) is 5.56 Å². The van der Waals surface area contributed by atoms with Crippen molar-refractivity contribution in [2.75, 3.05) is 6.54 Å². The van der Waals surface area contributed by atoms with E-state index < -0.39 is 23.7 Å². The van der Waals surface area contributed by atoms with E-state index in [2.05, 4.69) is 0 Å². The van der Waals surface area contributed by atoms with Gasteiger partial charge in [-0.2, -0.15) is 0 Å². The lowest BCUT2D eigenvalue weighted by Gasteiger charge is -2.13. The maximum atomic E-state index is 12.5. The first kappa shape index (κ1) is 19.0. The van der Waals surface area contributed by atoms with E-state index in [-0.39, 0.29) is 16.7 Å². The number of ether oxygens (including phenoxy) is 1. The average molecular weight is 389 g/mol. The minimum absolute atomic E-state index is 0.147. The fourth-order valence-corrected chi connectivity index (χ4v) is 3.67. The molecule has 1 aliphatic heterocycles. The maximum Gasteiger partial charge on any atom is 0.328 e. The number of amides is 2. The van der Waals surface area contributed by atoms with Gasteiger partial charge in [-0.3, -0.25) is 28.4 Å². The van der Waals surface area contributed by atoms with Crippen molar-refractivity contribution in [1.82, 2.24) is 14.0 Å². The number of carbonyl (C=O) groups is 3. The molecule has 2 aromatic rings. The van der Waals surface area contributed by atoms with Crippen LogP contribution in [0.5, 0.6) is 0 Å². The van der Waals surface area contributed by atoms with Crippen molar-refractivity contribution in [3.8, 4) is 0 Å². The molecule has 0 N–H and O–H groups in total. The van der Waals surface area contributed by atoms with Crippen molar-refractivity contribution in [3.05, 3.63) is 39.2 Å². The minimum atomic E-state index is -0.630. The maximum absolute atomic E-state index is 12.5. The van der Waals surface area contributed by atoms with Crippen LogP contribution in [0.3, 0.4) is 0 Å². The Hall–Kier alpha value is -2.81. The molecule has 1 aromatic heterocycles. The second-order valence-electron chi connectivity index (χ2n) is 6.46. The number of nitrogens with zero attached hydrogens (tertiary/aromatic N) is 3. The van der Waals surface area contributed by atoms with Crippen molar-refractivity contribution in [2.45, 2.75) is 20.0 Å². The number of hydrogen-bond donors (Lipinski definition) is 0. The van der Waals surface area contributed by atoms with Gasteiger partial charge in [0.25, 0.3) is 11.1 Å². The quantitative estimate of drug-likeness (QED) is 0.586. The molecule has 1 saturated heterocycles. The van der Waals surface area contributed by atoms with Gasteiger partial charge < -0.3 is 4.74 Å². The highest BCUT2D eigenvalue weighted by Gasteiger charge is 2.36. The normalized spacial score (nSPS) is 16.2.